The number of carbonyl (C=O) groups is 1. The number of rotatable bonds is 3. The van der Waals surface area contributed by atoms with Gasteiger partial charge in [0.15, 0.2) is 0 Å². The van der Waals surface area contributed by atoms with Crippen molar-refractivity contribution in [1.29, 1.82) is 0 Å². The molecule has 0 radical (unpaired) electrons. The fourth-order valence-corrected chi connectivity index (χ4v) is 2.77. The van der Waals surface area contributed by atoms with Gasteiger partial charge < -0.3 is 11.1 Å². The third kappa shape index (κ3) is 3.12. The molecule has 3 N–H and O–H groups in total. The Labute approximate surface area is 148 Å². The summed E-state index contributed by atoms with van der Waals surface area (Å²) in [7, 11) is 0. The molecule has 4 aromatic rings. The van der Waals surface area contributed by atoms with E-state index in [1.807, 2.05) is 24.3 Å². The molecule has 0 saturated carbocycles. The van der Waals surface area contributed by atoms with Gasteiger partial charge in [-0.3, -0.25) is 9.36 Å². The Morgan fingerprint density at radius 2 is 1.73 bits per heavy atom. The highest BCUT2D eigenvalue weighted by Gasteiger charge is 2.13. The number of fused-ring (bicyclic) bond motifs is 1. The predicted molar refractivity (Wildman–Crippen MR) is 100.0 cm³/mol. The number of nitrogen functional groups attached to an aromatic ring is 1. The van der Waals surface area contributed by atoms with Crippen LogP contribution in [0.25, 0.3) is 10.8 Å². The zero-order chi connectivity index (χ0) is 18.1. The van der Waals surface area contributed by atoms with E-state index in [9.17, 15) is 9.18 Å². The summed E-state index contributed by atoms with van der Waals surface area (Å²) in [5.74, 6) is -0.291. The number of carbonyl (C=O) groups excluding carboxylic acids is 1. The van der Waals surface area contributed by atoms with Gasteiger partial charge in [0, 0.05) is 29.8 Å². The maximum absolute atomic E-state index is 13.3. The lowest BCUT2D eigenvalue weighted by Gasteiger charge is -2.09. The van der Waals surface area contributed by atoms with E-state index in [1.165, 1.54) is 22.8 Å². The van der Waals surface area contributed by atoms with Gasteiger partial charge >= 0.3 is 0 Å². The molecule has 0 atom stereocenters. The van der Waals surface area contributed by atoms with Crippen LogP contribution in [0.1, 0.15) is 10.5 Å². The van der Waals surface area contributed by atoms with E-state index < -0.39 is 0 Å². The van der Waals surface area contributed by atoms with Crippen molar-refractivity contribution in [3.63, 3.8) is 0 Å². The van der Waals surface area contributed by atoms with Crippen LogP contribution >= 0.6 is 0 Å². The number of halogens is 1. The molecule has 0 amide bonds. The lowest BCUT2D eigenvalue weighted by molar-refractivity contribution is 0.0956. The van der Waals surface area contributed by atoms with Crippen LogP contribution in [0.15, 0.2) is 73.1 Å². The molecule has 5 nitrogen and oxygen atoms in total. The van der Waals surface area contributed by atoms with E-state index in [1.54, 1.807) is 30.6 Å². The van der Waals surface area contributed by atoms with Crippen LogP contribution in [-0.4, -0.2) is 15.5 Å². The van der Waals surface area contributed by atoms with Crippen molar-refractivity contribution in [3.05, 3.63) is 84.6 Å². The van der Waals surface area contributed by atoms with Crippen LogP contribution in [0.2, 0.25) is 0 Å². The van der Waals surface area contributed by atoms with Gasteiger partial charge in [0.25, 0.3) is 5.91 Å². The molecule has 0 saturated heterocycles. The lowest BCUT2D eigenvalue weighted by atomic mass is 10.2. The summed E-state index contributed by atoms with van der Waals surface area (Å²) in [4.78, 5) is 17.1. The van der Waals surface area contributed by atoms with Crippen LogP contribution in [-0.2, 0) is 0 Å². The van der Waals surface area contributed by atoms with Crippen LogP contribution in [0.4, 0.5) is 21.6 Å². The minimum absolute atomic E-state index is 0.198. The molecular formula is C20H15FN4O. The molecule has 0 fully saturated rings. The van der Waals surface area contributed by atoms with Crippen molar-refractivity contribution >= 4 is 33.9 Å². The summed E-state index contributed by atoms with van der Waals surface area (Å²) in [5.41, 5.74) is 7.03. The smallest absolute Gasteiger partial charge is 0.280 e. The average Bonchev–Trinajstić information content (AvgIpc) is 3.04. The van der Waals surface area contributed by atoms with Gasteiger partial charge in [0.1, 0.15) is 17.3 Å². The van der Waals surface area contributed by atoms with Crippen LogP contribution < -0.4 is 11.1 Å². The Balaban J connectivity index is 1.67. The lowest BCUT2D eigenvalue weighted by Crippen LogP contribution is -2.13. The zero-order valence-corrected chi connectivity index (χ0v) is 13.7. The Morgan fingerprint density at radius 1 is 1.00 bits per heavy atom. The van der Waals surface area contributed by atoms with Crippen LogP contribution in [0, 0.1) is 5.82 Å². The number of hydrogen-bond donors (Lipinski definition) is 2. The second kappa shape index (κ2) is 6.33. The van der Waals surface area contributed by atoms with Crippen molar-refractivity contribution in [1.82, 2.24) is 9.55 Å². The molecule has 2 aromatic carbocycles. The highest BCUT2D eigenvalue weighted by molar-refractivity contribution is 5.98. The summed E-state index contributed by atoms with van der Waals surface area (Å²) in [5, 5.41) is 4.89. The Morgan fingerprint density at radius 3 is 2.42 bits per heavy atom. The number of pyridine rings is 1. The molecule has 0 aliphatic heterocycles. The molecule has 2 aromatic heterocycles. The van der Waals surface area contributed by atoms with Crippen LogP contribution in [0.3, 0.4) is 0 Å². The minimum Gasteiger partial charge on any atom is -0.399 e. The summed E-state index contributed by atoms with van der Waals surface area (Å²) < 4.78 is 14.8. The second-order valence-corrected chi connectivity index (χ2v) is 5.91. The summed E-state index contributed by atoms with van der Waals surface area (Å²) >= 11 is 0. The zero-order valence-electron chi connectivity index (χ0n) is 13.7. The van der Waals surface area contributed by atoms with Crippen molar-refractivity contribution in [2.24, 2.45) is 0 Å². The number of nitrogens with two attached hydrogens (primary N) is 1. The second-order valence-electron chi connectivity index (χ2n) is 5.91. The standard InChI is InChI=1S/C20H15FN4O/c21-15-6-3-7-17(8-15)23-19-10-16(22)9-18(24-19)20(26)25-11-13-4-1-2-5-14(13)12-25/h1-12H,(H3,22,23,24). The van der Waals surface area contributed by atoms with Gasteiger partial charge in [-0.2, -0.15) is 0 Å². The SMILES string of the molecule is Nc1cc(Nc2cccc(F)c2)nc(C(=O)n2cc3ccccc3c2)c1. The van der Waals surface area contributed by atoms with Crippen molar-refractivity contribution in [3.8, 4) is 0 Å². The Bertz CT molecular complexity index is 1090. The largest absolute Gasteiger partial charge is 0.399 e. The van der Waals surface area contributed by atoms with Gasteiger partial charge in [0.2, 0.25) is 0 Å². The molecule has 6 heteroatoms. The first-order chi connectivity index (χ1) is 12.6. The maximum atomic E-state index is 13.3. The Kier molecular flexibility index (Phi) is 3.85. The van der Waals surface area contributed by atoms with E-state index in [4.69, 9.17) is 5.73 Å². The van der Waals surface area contributed by atoms with Crippen molar-refractivity contribution in [2.75, 3.05) is 11.1 Å². The number of aromatic nitrogens is 2. The topological polar surface area (TPSA) is 72.9 Å². The van der Waals surface area contributed by atoms with Gasteiger partial charge in [-0.25, -0.2) is 9.37 Å². The van der Waals surface area contributed by atoms with E-state index in [0.717, 1.165) is 10.8 Å². The molecule has 26 heavy (non-hydrogen) atoms. The first kappa shape index (κ1) is 15.8. The normalized spacial score (nSPS) is 10.8. The summed E-state index contributed by atoms with van der Waals surface area (Å²) in [6.45, 7) is 0. The first-order valence-corrected chi connectivity index (χ1v) is 8.00. The summed E-state index contributed by atoms with van der Waals surface area (Å²) in [6.07, 6.45) is 3.50. The van der Waals surface area contributed by atoms with Gasteiger partial charge in [-0.15, -0.1) is 0 Å². The number of nitrogens with one attached hydrogen (secondary N) is 1. The van der Waals surface area contributed by atoms with E-state index in [0.29, 0.717) is 17.2 Å². The molecule has 0 spiro atoms. The average molecular weight is 346 g/mol. The van der Waals surface area contributed by atoms with Gasteiger partial charge in [-0.05, 0) is 35.0 Å². The van der Waals surface area contributed by atoms with E-state index in [-0.39, 0.29) is 17.4 Å². The quantitative estimate of drug-likeness (QED) is 0.583. The third-order valence-electron chi connectivity index (χ3n) is 3.95. The van der Waals surface area contributed by atoms with E-state index in [2.05, 4.69) is 10.3 Å². The predicted octanol–water partition coefficient (Wildman–Crippen LogP) is 4.19. The molecule has 4 rings (SSSR count). The molecule has 0 aliphatic carbocycles. The highest BCUT2D eigenvalue weighted by Crippen LogP contribution is 2.20. The third-order valence-corrected chi connectivity index (χ3v) is 3.95. The van der Waals surface area contributed by atoms with Crippen molar-refractivity contribution < 1.29 is 9.18 Å². The fourth-order valence-electron chi connectivity index (χ4n) is 2.77. The molecule has 0 bridgehead atoms. The van der Waals surface area contributed by atoms with E-state index >= 15 is 0 Å². The molecular weight excluding hydrogens is 331 g/mol. The molecule has 2 heterocycles. The maximum Gasteiger partial charge on any atom is 0.280 e. The fraction of sp³-hybridized carbons (Fsp3) is 0. The first-order valence-electron chi connectivity index (χ1n) is 8.00. The summed E-state index contributed by atoms with van der Waals surface area (Å²) in [6, 6.07) is 16.8. The van der Waals surface area contributed by atoms with Crippen molar-refractivity contribution in [2.45, 2.75) is 0 Å². The van der Waals surface area contributed by atoms with Gasteiger partial charge in [0.05, 0.1) is 0 Å². The molecule has 0 unspecified atom stereocenters. The number of hydrogen-bond acceptors (Lipinski definition) is 4. The molecule has 128 valence electrons. The molecule has 0 aliphatic rings. The van der Waals surface area contributed by atoms with Crippen LogP contribution in [0.5, 0.6) is 0 Å². The Hall–Kier alpha value is -3.67. The highest BCUT2D eigenvalue weighted by atomic mass is 19.1. The number of anilines is 3. The number of nitrogens with zero attached hydrogens (tertiary/aromatic N) is 2. The minimum atomic E-state index is -0.366. The van der Waals surface area contributed by atoms with Gasteiger partial charge in [-0.1, -0.05) is 30.3 Å². The number of benzene rings is 2. The monoisotopic (exact) mass is 346 g/mol.